The molecule has 0 bridgehead atoms. The average Bonchev–Trinajstić information content (AvgIpc) is 2.58. The van der Waals surface area contributed by atoms with Crippen LogP contribution < -0.4 is 5.32 Å². The Hall–Kier alpha value is -1.69. The van der Waals surface area contributed by atoms with E-state index >= 15 is 0 Å². The number of rotatable bonds is 2. The Labute approximate surface area is 123 Å². The van der Waals surface area contributed by atoms with Gasteiger partial charge in [0.2, 0.25) is 0 Å². The number of carbonyl (C=O) groups excluding carboxylic acids is 1. The van der Waals surface area contributed by atoms with Gasteiger partial charge in [0.15, 0.2) is 0 Å². The number of hydrogen-bond acceptors (Lipinski definition) is 3. The Morgan fingerprint density at radius 1 is 1.29 bits per heavy atom. The standard InChI is InChI=1S/C15H21F2N3O/c1-10-9-19(3)5-4-6-20(10)15(21)11-7-12(16)14(18-2)13(17)8-11/h7-8,10,18H,4-6,9H2,1-3H3. The van der Waals surface area contributed by atoms with E-state index in [-0.39, 0.29) is 23.2 Å². The van der Waals surface area contributed by atoms with E-state index < -0.39 is 11.6 Å². The molecule has 4 nitrogen and oxygen atoms in total. The lowest BCUT2D eigenvalue weighted by Crippen LogP contribution is -2.42. The summed E-state index contributed by atoms with van der Waals surface area (Å²) in [5.41, 5.74) is -0.157. The number of amides is 1. The number of halogens is 2. The maximum absolute atomic E-state index is 13.8. The van der Waals surface area contributed by atoms with Gasteiger partial charge in [-0.2, -0.15) is 0 Å². The largest absolute Gasteiger partial charge is 0.383 e. The number of hydrogen-bond donors (Lipinski definition) is 1. The molecule has 1 fully saturated rings. The summed E-state index contributed by atoms with van der Waals surface area (Å²) >= 11 is 0. The molecule has 116 valence electrons. The van der Waals surface area contributed by atoms with Crippen LogP contribution in [0.3, 0.4) is 0 Å². The summed E-state index contributed by atoms with van der Waals surface area (Å²) in [6.45, 7) is 4.22. The van der Waals surface area contributed by atoms with Crippen molar-refractivity contribution in [3.05, 3.63) is 29.3 Å². The van der Waals surface area contributed by atoms with Crippen LogP contribution in [0.2, 0.25) is 0 Å². The average molecular weight is 297 g/mol. The van der Waals surface area contributed by atoms with E-state index in [0.717, 1.165) is 31.6 Å². The molecule has 6 heteroatoms. The quantitative estimate of drug-likeness (QED) is 0.909. The molecule has 1 N–H and O–H groups in total. The highest BCUT2D eigenvalue weighted by Gasteiger charge is 2.26. The molecule has 1 amide bonds. The van der Waals surface area contributed by atoms with Crippen LogP contribution in [-0.2, 0) is 0 Å². The van der Waals surface area contributed by atoms with E-state index in [2.05, 4.69) is 10.2 Å². The van der Waals surface area contributed by atoms with Crippen molar-refractivity contribution in [1.82, 2.24) is 9.80 Å². The van der Waals surface area contributed by atoms with Crippen LogP contribution in [0.25, 0.3) is 0 Å². The molecule has 1 unspecified atom stereocenters. The van der Waals surface area contributed by atoms with Gasteiger partial charge in [-0.15, -0.1) is 0 Å². The van der Waals surface area contributed by atoms with Crippen LogP contribution >= 0.6 is 0 Å². The van der Waals surface area contributed by atoms with E-state index in [0.29, 0.717) is 6.54 Å². The summed E-state index contributed by atoms with van der Waals surface area (Å²) in [4.78, 5) is 16.4. The fourth-order valence-electron chi connectivity index (χ4n) is 2.78. The van der Waals surface area contributed by atoms with Gasteiger partial charge in [0.25, 0.3) is 5.91 Å². The molecule has 0 aliphatic carbocycles. The molecule has 1 aromatic rings. The van der Waals surface area contributed by atoms with Crippen molar-refractivity contribution in [2.75, 3.05) is 39.0 Å². The van der Waals surface area contributed by atoms with Crippen LogP contribution in [0.1, 0.15) is 23.7 Å². The minimum atomic E-state index is -0.750. The van der Waals surface area contributed by atoms with Crippen LogP contribution in [0.4, 0.5) is 14.5 Å². The van der Waals surface area contributed by atoms with E-state index in [9.17, 15) is 13.6 Å². The van der Waals surface area contributed by atoms with Crippen molar-refractivity contribution < 1.29 is 13.6 Å². The molecule has 1 atom stereocenters. The van der Waals surface area contributed by atoms with E-state index in [1.807, 2.05) is 14.0 Å². The summed E-state index contributed by atoms with van der Waals surface area (Å²) in [5, 5.41) is 2.45. The summed E-state index contributed by atoms with van der Waals surface area (Å²) in [7, 11) is 3.45. The zero-order chi connectivity index (χ0) is 15.6. The van der Waals surface area contributed by atoms with Crippen molar-refractivity contribution in [2.45, 2.75) is 19.4 Å². The first kappa shape index (κ1) is 15.7. The third-order valence-electron chi connectivity index (χ3n) is 3.85. The lowest BCUT2D eigenvalue weighted by Gasteiger charge is -2.28. The number of anilines is 1. The SMILES string of the molecule is CNc1c(F)cc(C(=O)N2CCCN(C)CC2C)cc1F. The third kappa shape index (κ3) is 3.32. The topological polar surface area (TPSA) is 35.6 Å². The monoisotopic (exact) mass is 297 g/mol. The summed E-state index contributed by atoms with van der Waals surface area (Å²) in [6.07, 6.45) is 0.853. The highest BCUT2D eigenvalue weighted by Crippen LogP contribution is 2.22. The van der Waals surface area contributed by atoms with E-state index in [1.54, 1.807) is 4.90 Å². The first-order valence-electron chi connectivity index (χ1n) is 7.10. The Balaban J connectivity index is 2.27. The van der Waals surface area contributed by atoms with E-state index in [1.165, 1.54) is 7.05 Å². The molecular weight excluding hydrogens is 276 g/mol. The number of carbonyl (C=O) groups is 1. The van der Waals surface area contributed by atoms with Crippen LogP contribution in [0, 0.1) is 11.6 Å². The van der Waals surface area contributed by atoms with Gasteiger partial charge in [-0.3, -0.25) is 4.79 Å². The van der Waals surface area contributed by atoms with Gasteiger partial charge in [-0.25, -0.2) is 8.78 Å². The maximum Gasteiger partial charge on any atom is 0.254 e. The molecule has 1 heterocycles. The van der Waals surface area contributed by atoms with Crippen LogP contribution in [-0.4, -0.2) is 55.5 Å². The lowest BCUT2D eigenvalue weighted by atomic mass is 10.1. The second kappa shape index (κ2) is 6.39. The molecule has 1 saturated heterocycles. The molecule has 0 spiro atoms. The minimum absolute atomic E-state index is 0.0140. The summed E-state index contributed by atoms with van der Waals surface area (Å²) in [6, 6.07) is 2.21. The normalized spacial score (nSPS) is 20.2. The van der Waals surface area contributed by atoms with Gasteiger partial charge < -0.3 is 15.1 Å². The van der Waals surface area contributed by atoms with Crippen molar-refractivity contribution >= 4 is 11.6 Å². The fourth-order valence-corrected chi connectivity index (χ4v) is 2.78. The third-order valence-corrected chi connectivity index (χ3v) is 3.85. The molecule has 0 radical (unpaired) electrons. The molecule has 1 aliphatic heterocycles. The Bertz CT molecular complexity index is 513. The number of nitrogens with one attached hydrogen (secondary N) is 1. The highest BCUT2D eigenvalue weighted by molar-refractivity contribution is 5.95. The molecule has 21 heavy (non-hydrogen) atoms. The second-order valence-corrected chi connectivity index (χ2v) is 5.53. The van der Waals surface area contributed by atoms with Gasteiger partial charge in [0, 0.05) is 31.7 Å². The summed E-state index contributed by atoms with van der Waals surface area (Å²) < 4.78 is 27.6. The van der Waals surface area contributed by atoms with Gasteiger partial charge in [-0.05, 0) is 39.1 Å². The van der Waals surface area contributed by atoms with Crippen molar-refractivity contribution in [1.29, 1.82) is 0 Å². The van der Waals surface area contributed by atoms with Crippen LogP contribution in [0.15, 0.2) is 12.1 Å². The number of nitrogens with zero attached hydrogens (tertiary/aromatic N) is 2. The molecule has 0 aromatic heterocycles. The molecule has 0 saturated carbocycles. The van der Waals surface area contributed by atoms with Gasteiger partial charge >= 0.3 is 0 Å². The fraction of sp³-hybridized carbons (Fsp3) is 0.533. The Kier molecular flexibility index (Phi) is 4.77. The van der Waals surface area contributed by atoms with Gasteiger partial charge in [0.1, 0.15) is 17.3 Å². The first-order chi connectivity index (χ1) is 9.93. The summed E-state index contributed by atoms with van der Waals surface area (Å²) in [5.74, 6) is -1.82. The smallest absolute Gasteiger partial charge is 0.254 e. The van der Waals surface area contributed by atoms with Crippen LogP contribution in [0.5, 0.6) is 0 Å². The van der Waals surface area contributed by atoms with E-state index in [4.69, 9.17) is 0 Å². The number of benzene rings is 1. The molecule has 1 aromatic carbocycles. The second-order valence-electron chi connectivity index (χ2n) is 5.53. The molecule has 2 rings (SSSR count). The zero-order valence-electron chi connectivity index (χ0n) is 12.6. The Morgan fingerprint density at radius 2 is 1.90 bits per heavy atom. The van der Waals surface area contributed by atoms with Gasteiger partial charge in [-0.1, -0.05) is 0 Å². The predicted molar refractivity (Wildman–Crippen MR) is 78.5 cm³/mol. The first-order valence-corrected chi connectivity index (χ1v) is 7.10. The zero-order valence-corrected chi connectivity index (χ0v) is 12.6. The highest BCUT2D eigenvalue weighted by atomic mass is 19.1. The Morgan fingerprint density at radius 3 is 2.48 bits per heavy atom. The predicted octanol–water partition coefficient (Wildman–Crippen LogP) is 2.17. The van der Waals surface area contributed by atoms with Gasteiger partial charge in [0.05, 0.1) is 0 Å². The maximum atomic E-state index is 13.8. The number of likely N-dealkylation sites (N-methyl/N-ethyl adjacent to an activating group) is 1. The molecule has 1 aliphatic rings. The van der Waals surface area contributed by atoms with Crippen molar-refractivity contribution in [3.8, 4) is 0 Å². The van der Waals surface area contributed by atoms with Crippen molar-refractivity contribution in [2.24, 2.45) is 0 Å². The molecular formula is C15H21F2N3O. The minimum Gasteiger partial charge on any atom is -0.383 e. The van der Waals surface area contributed by atoms with Crippen molar-refractivity contribution in [3.63, 3.8) is 0 Å². The lowest BCUT2D eigenvalue weighted by molar-refractivity contribution is 0.0695.